The molecule has 0 radical (unpaired) electrons. The average Bonchev–Trinajstić information content (AvgIpc) is 2.56. The second-order valence-corrected chi connectivity index (χ2v) is 6.81. The molecular weight excluding hydrogens is 294 g/mol. The number of halogens is 2. The fraction of sp³-hybridized carbons (Fsp3) is 0.600. The molecular formula is C20H24F2O. The van der Waals surface area contributed by atoms with E-state index in [0.29, 0.717) is 18.1 Å². The Labute approximate surface area is 137 Å². The van der Waals surface area contributed by atoms with Crippen LogP contribution < -0.4 is 4.74 Å². The molecule has 1 unspecified atom stereocenters. The van der Waals surface area contributed by atoms with Crippen molar-refractivity contribution in [2.75, 3.05) is 0 Å². The average molecular weight is 318 g/mol. The lowest BCUT2D eigenvalue weighted by molar-refractivity contribution is 0.224. The normalized spacial score (nSPS) is 26.7. The van der Waals surface area contributed by atoms with E-state index in [-0.39, 0.29) is 6.10 Å². The highest BCUT2D eigenvalue weighted by Gasteiger charge is 2.22. The van der Waals surface area contributed by atoms with Crippen LogP contribution in [0.15, 0.2) is 12.1 Å². The second kappa shape index (κ2) is 7.34. The number of ether oxygens (including phenoxy) is 1. The summed E-state index contributed by atoms with van der Waals surface area (Å²) in [6, 6.07) is 2.39. The quantitative estimate of drug-likeness (QED) is 0.675. The lowest BCUT2D eigenvalue weighted by atomic mass is 9.80. The van der Waals surface area contributed by atoms with E-state index in [9.17, 15) is 8.78 Å². The first-order valence-corrected chi connectivity index (χ1v) is 8.81. The van der Waals surface area contributed by atoms with Gasteiger partial charge in [-0.3, -0.25) is 0 Å². The van der Waals surface area contributed by atoms with Crippen LogP contribution in [0, 0.1) is 35.3 Å². The van der Waals surface area contributed by atoms with Gasteiger partial charge in [0.15, 0.2) is 17.7 Å². The Kier molecular flexibility index (Phi) is 5.20. The Balaban J connectivity index is 1.57. The Bertz CT molecular complexity index is 606. The standard InChI is InChI=1S/C20H24F2O/c1-2-3-14-4-6-15(7-5-14)8-10-17-11-9-16-12-18(21)19(22)13-20(16)23-17/h12-15,17H,2-7,9,11H2,1H3. The highest BCUT2D eigenvalue weighted by Crippen LogP contribution is 2.32. The third-order valence-electron chi connectivity index (χ3n) is 5.04. The number of fused-ring (bicyclic) bond motifs is 1. The second-order valence-electron chi connectivity index (χ2n) is 6.81. The molecule has 1 fully saturated rings. The molecule has 1 aliphatic carbocycles. The fourth-order valence-electron chi connectivity index (χ4n) is 3.69. The van der Waals surface area contributed by atoms with Gasteiger partial charge in [-0.2, -0.15) is 0 Å². The largest absolute Gasteiger partial charge is 0.477 e. The van der Waals surface area contributed by atoms with Gasteiger partial charge in [-0.05, 0) is 56.1 Å². The molecule has 1 heterocycles. The zero-order chi connectivity index (χ0) is 16.2. The number of benzene rings is 1. The highest BCUT2D eigenvalue weighted by atomic mass is 19.2. The molecule has 3 rings (SSSR count). The molecule has 124 valence electrons. The minimum Gasteiger partial charge on any atom is -0.477 e. The summed E-state index contributed by atoms with van der Waals surface area (Å²) in [6.07, 6.45) is 8.78. The maximum Gasteiger partial charge on any atom is 0.162 e. The van der Waals surface area contributed by atoms with Crippen molar-refractivity contribution in [1.82, 2.24) is 0 Å². The smallest absolute Gasteiger partial charge is 0.162 e. The van der Waals surface area contributed by atoms with E-state index in [1.807, 2.05) is 0 Å². The third-order valence-corrected chi connectivity index (χ3v) is 5.04. The van der Waals surface area contributed by atoms with Crippen LogP contribution in [0.25, 0.3) is 0 Å². The molecule has 1 aromatic rings. The van der Waals surface area contributed by atoms with Crippen LogP contribution in [0.5, 0.6) is 5.75 Å². The minimum atomic E-state index is -0.855. The molecule has 1 nitrogen and oxygen atoms in total. The van der Waals surface area contributed by atoms with Gasteiger partial charge >= 0.3 is 0 Å². The molecule has 2 aliphatic rings. The van der Waals surface area contributed by atoms with Crippen LogP contribution >= 0.6 is 0 Å². The summed E-state index contributed by atoms with van der Waals surface area (Å²) in [6.45, 7) is 2.25. The van der Waals surface area contributed by atoms with Crippen LogP contribution in [0.4, 0.5) is 8.78 Å². The topological polar surface area (TPSA) is 9.23 Å². The fourth-order valence-corrected chi connectivity index (χ4v) is 3.69. The van der Waals surface area contributed by atoms with Crippen molar-refractivity contribution in [3.8, 4) is 17.6 Å². The first kappa shape index (κ1) is 16.3. The first-order valence-electron chi connectivity index (χ1n) is 8.81. The zero-order valence-electron chi connectivity index (χ0n) is 13.7. The van der Waals surface area contributed by atoms with Gasteiger partial charge in [0.2, 0.25) is 0 Å². The molecule has 0 spiro atoms. The molecule has 1 aliphatic heterocycles. The summed E-state index contributed by atoms with van der Waals surface area (Å²) in [5.74, 6) is 6.73. The molecule has 0 N–H and O–H groups in total. The maximum atomic E-state index is 13.3. The van der Waals surface area contributed by atoms with Crippen molar-refractivity contribution in [2.24, 2.45) is 11.8 Å². The molecule has 1 saturated carbocycles. The van der Waals surface area contributed by atoms with E-state index in [1.54, 1.807) is 0 Å². The lowest BCUT2D eigenvalue weighted by Crippen LogP contribution is -2.22. The summed E-state index contributed by atoms with van der Waals surface area (Å²) >= 11 is 0. The Hall–Kier alpha value is -1.56. The number of hydrogen-bond acceptors (Lipinski definition) is 1. The summed E-state index contributed by atoms with van der Waals surface area (Å²) in [7, 11) is 0. The summed E-state index contributed by atoms with van der Waals surface area (Å²) in [5.41, 5.74) is 0.738. The van der Waals surface area contributed by atoms with Crippen molar-refractivity contribution in [1.29, 1.82) is 0 Å². The molecule has 0 aromatic heterocycles. The molecule has 23 heavy (non-hydrogen) atoms. The van der Waals surface area contributed by atoms with Crippen molar-refractivity contribution in [3.63, 3.8) is 0 Å². The van der Waals surface area contributed by atoms with Gasteiger partial charge < -0.3 is 4.74 Å². The van der Waals surface area contributed by atoms with E-state index in [2.05, 4.69) is 18.8 Å². The Morgan fingerprint density at radius 3 is 2.52 bits per heavy atom. The van der Waals surface area contributed by atoms with Crippen molar-refractivity contribution in [2.45, 2.75) is 64.4 Å². The van der Waals surface area contributed by atoms with Crippen molar-refractivity contribution < 1.29 is 13.5 Å². The first-order chi connectivity index (χ1) is 11.2. The monoisotopic (exact) mass is 318 g/mol. The molecule has 1 atom stereocenters. The number of hydrogen-bond donors (Lipinski definition) is 0. The molecule has 0 bridgehead atoms. The van der Waals surface area contributed by atoms with Gasteiger partial charge in [-0.15, -0.1) is 0 Å². The Morgan fingerprint density at radius 1 is 1.04 bits per heavy atom. The molecule has 3 heteroatoms. The van der Waals surface area contributed by atoms with Crippen LogP contribution in [0.3, 0.4) is 0 Å². The highest BCUT2D eigenvalue weighted by molar-refractivity contribution is 5.37. The van der Waals surface area contributed by atoms with E-state index >= 15 is 0 Å². The lowest BCUT2D eigenvalue weighted by Gasteiger charge is -2.26. The summed E-state index contributed by atoms with van der Waals surface area (Å²) in [4.78, 5) is 0. The van der Waals surface area contributed by atoms with Gasteiger partial charge in [0.05, 0.1) is 0 Å². The van der Waals surface area contributed by atoms with Crippen LogP contribution in [-0.4, -0.2) is 6.10 Å². The SMILES string of the molecule is CCCC1CCC(C#CC2CCc3cc(F)c(F)cc3O2)CC1. The van der Waals surface area contributed by atoms with E-state index in [4.69, 9.17) is 4.74 Å². The van der Waals surface area contributed by atoms with Crippen LogP contribution in [0.1, 0.15) is 57.4 Å². The molecule has 0 saturated heterocycles. The molecule has 1 aromatic carbocycles. The van der Waals surface area contributed by atoms with Gasteiger partial charge in [0.1, 0.15) is 5.75 Å². The summed E-state index contributed by atoms with van der Waals surface area (Å²) < 4.78 is 32.3. The van der Waals surface area contributed by atoms with Crippen molar-refractivity contribution >= 4 is 0 Å². The van der Waals surface area contributed by atoms with E-state index in [0.717, 1.165) is 24.0 Å². The van der Waals surface area contributed by atoms with Gasteiger partial charge in [0, 0.05) is 12.0 Å². The predicted molar refractivity (Wildman–Crippen MR) is 87.2 cm³/mol. The van der Waals surface area contributed by atoms with Crippen LogP contribution in [-0.2, 0) is 6.42 Å². The minimum absolute atomic E-state index is 0.194. The number of rotatable bonds is 2. The van der Waals surface area contributed by atoms with Gasteiger partial charge in [-0.1, -0.05) is 31.6 Å². The van der Waals surface area contributed by atoms with E-state index in [1.165, 1.54) is 44.6 Å². The van der Waals surface area contributed by atoms with Gasteiger partial charge in [0.25, 0.3) is 0 Å². The van der Waals surface area contributed by atoms with Crippen molar-refractivity contribution in [3.05, 3.63) is 29.3 Å². The Morgan fingerprint density at radius 2 is 1.78 bits per heavy atom. The van der Waals surface area contributed by atoms with Gasteiger partial charge in [-0.25, -0.2) is 8.78 Å². The van der Waals surface area contributed by atoms with Crippen LogP contribution in [0.2, 0.25) is 0 Å². The predicted octanol–water partition coefficient (Wildman–Crippen LogP) is 5.27. The zero-order valence-corrected chi connectivity index (χ0v) is 13.7. The third kappa shape index (κ3) is 4.05. The van der Waals surface area contributed by atoms with E-state index < -0.39 is 11.6 Å². The number of aryl methyl sites for hydroxylation is 1. The molecule has 0 amide bonds. The summed E-state index contributed by atoms with van der Waals surface area (Å²) in [5, 5.41) is 0. The maximum absolute atomic E-state index is 13.3.